The number of rotatable bonds is 5. The fourth-order valence-corrected chi connectivity index (χ4v) is 2.44. The Balaban J connectivity index is 1.52. The summed E-state index contributed by atoms with van der Waals surface area (Å²) in [5.41, 5.74) is 0. The maximum absolute atomic E-state index is 5.63. The summed E-state index contributed by atoms with van der Waals surface area (Å²) in [4.78, 5) is 4.45. The van der Waals surface area contributed by atoms with Crippen molar-refractivity contribution in [1.29, 1.82) is 0 Å². The Bertz CT molecular complexity index is 541. The van der Waals surface area contributed by atoms with Crippen molar-refractivity contribution in [3.63, 3.8) is 0 Å². The summed E-state index contributed by atoms with van der Waals surface area (Å²) in [6.07, 6.45) is 1.80. The van der Waals surface area contributed by atoms with E-state index in [0.29, 0.717) is 30.7 Å². The maximum Gasteiger partial charge on any atom is 0.244 e. The molecule has 1 aliphatic rings. The molecule has 1 aliphatic heterocycles. The minimum atomic E-state index is 0.200. The van der Waals surface area contributed by atoms with Crippen molar-refractivity contribution in [2.75, 3.05) is 13.2 Å². The van der Waals surface area contributed by atoms with Crippen LogP contribution in [0.1, 0.15) is 31.1 Å². The molecule has 0 radical (unpaired) electrons. The van der Waals surface area contributed by atoms with Crippen LogP contribution in [0.3, 0.4) is 0 Å². The molecule has 0 bridgehead atoms. The van der Waals surface area contributed by atoms with E-state index < -0.39 is 0 Å². The topological polar surface area (TPSA) is 60.2 Å². The molecular formula is C15H19N3O2. The smallest absolute Gasteiger partial charge is 0.244 e. The molecule has 106 valence electrons. The van der Waals surface area contributed by atoms with Gasteiger partial charge in [-0.05, 0) is 31.0 Å². The Labute approximate surface area is 118 Å². The highest BCUT2D eigenvalue weighted by Gasteiger charge is 2.29. The Hall–Kier alpha value is -1.88. The van der Waals surface area contributed by atoms with Gasteiger partial charge >= 0.3 is 0 Å². The molecule has 5 heteroatoms. The largest absolute Gasteiger partial charge is 0.493 e. The summed E-state index contributed by atoms with van der Waals surface area (Å²) in [6.45, 7) is 3.77. The van der Waals surface area contributed by atoms with Crippen LogP contribution in [0.5, 0.6) is 5.75 Å². The Morgan fingerprint density at radius 1 is 1.35 bits per heavy atom. The van der Waals surface area contributed by atoms with Gasteiger partial charge in [0.2, 0.25) is 5.89 Å². The Morgan fingerprint density at radius 2 is 2.20 bits per heavy atom. The second-order valence-electron chi connectivity index (χ2n) is 5.16. The van der Waals surface area contributed by atoms with Crippen molar-refractivity contribution < 1.29 is 9.26 Å². The van der Waals surface area contributed by atoms with Crippen molar-refractivity contribution in [3.05, 3.63) is 42.0 Å². The highest BCUT2D eigenvalue weighted by atomic mass is 16.5. The highest BCUT2D eigenvalue weighted by Crippen LogP contribution is 2.27. The molecule has 2 atom stereocenters. The molecule has 3 rings (SSSR count). The minimum Gasteiger partial charge on any atom is -0.493 e. The molecule has 0 aliphatic carbocycles. The van der Waals surface area contributed by atoms with E-state index in [1.165, 1.54) is 0 Å². The molecule has 5 nitrogen and oxygen atoms in total. The second-order valence-corrected chi connectivity index (χ2v) is 5.16. The molecule has 1 aromatic heterocycles. The van der Waals surface area contributed by atoms with Gasteiger partial charge in [-0.3, -0.25) is 0 Å². The summed E-state index contributed by atoms with van der Waals surface area (Å²) in [5.74, 6) is 2.81. The zero-order chi connectivity index (χ0) is 13.8. The van der Waals surface area contributed by atoms with Crippen LogP contribution >= 0.6 is 0 Å². The van der Waals surface area contributed by atoms with Crippen LogP contribution in [0.15, 0.2) is 34.9 Å². The van der Waals surface area contributed by atoms with Crippen molar-refractivity contribution in [2.45, 2.75) is 25.8 Å². The van der Waals surface area contributed by atoms with E-state index in [1.807, 2.05) is 30.3 Å². The van der Waals surface area contributed by atoms with Gasteiger partial charge in [-0.2, -0.15) is 4.98 Å². The van der Waals surface area contributed by atoms with Gasteiger partial charge in [0.25, 0.3) is 0 Å². The number of nitrogens with one attached hydrogen (secondary N) is 1. The van der Waals surface area contributed by atoms with Gasteiger partial charge in [-0.25, -0.2) is 0 Å². The zero-order valence-electron chi connectivity index (χ0n) is 11.6. The second kappa shape index (κ2) is 6.05. The van der Waals surface area contributed by atoms with Crippen LogP contribution in [0.4, 0.5) is 0 Å². The molecule has 20 heavy (non-hydrogen) atoms. The van der Waals surface area contributed by atoms with Crippen molar-refractivity contribution in [2.24, 2.45) is 5.92 Å². The van der Waals surface area contributed by atoms with E-state index in [4.69, 9.17) is 9.26 Å². The van der Waals surface area contributed by atoms with E-state index in [9.17, 15) is 0 Å². The molecule has 2 unspecified atom stereocenters. The van der Waals surface area contributed by atoms with Crippen LogP contribution < -0.4 is 10.1 Å². The van der Waals surface area contributed by atoms with Gasteiger partial charge in [0.1, 0.15) is 5.75 Å². The molecule has 1 fully saturated rings. The lowest BCUT2D eigenvalue weighted by Crippen LogP contribution is -2.16. The third-order valence-corrected chi connectivity index (χ3v) is 3.62. The first-order valence-electron chi connectivity index (χ1n) is 7.06. The molecular weight excluding hydrogens is 254 g/mol. The van der Waals surface area contributed by atoms with E-state index in [-0.39, 0.29) is 6.04 Å². The third kappa shape index (κ3) is 2.99. The third-order valence-electron chi connectivity index (χ3n) is 3.62. The lowest BCUT2D eigenvalue weighted by Gasteiger charge is -2.09. The lowest BCUT2D eigenvalue weighted by atomic mass is 10.0. The van der Waals surface area contributed by atoms with Crippen LogP contribution in [-0.2, 0) is 6.42 Å². The van der Waals surface area contributed by atoms with Gasteiger partial charge in [-0.1, -0.05) is 30.3 Å². The number of hydrogen-bond donors (Lipinski definition) is 1. The van der Waals surface area contributed by atoms with E-state index in [0.717, 1.165) is 18.7 Å². The van der Waals surface area contributed by atoms with Crippen molar-refractivity contribution in [1.82, 2.24) is 15.5 Å². The van der Waals surface area contributed by atoms with Crippen LogP contribution in [0, 0.1) is 5.92 Å². The molecule has 2 heterocycles. The standard InChI is InChI=1S/C15H19N3O2/c1-11-7-9-16-14(11)15-17-13(18-20-15)8-10-19-12-5-3-2-4-6-12/h2-6,11,14,16H,7-10H2,1H3. The first-order valence-corrected chi connectivity index (χ1v) is 7.06. The van der Waals surface area contributed by atoms with Crippen LogP contribution in [0.2, 0.25) is 0 Å². The van der Waals surface area contributed by atoms with Crippen molar-refractivity contribution in [3.8, 4) is 5.75 Å². The minimum absolute atomic E-state index is 0.200. The summed E-state index contributed by atoms with van der Waals surface area (Å²) >= 11 is 0. The van der Waals surface area contributed by atoms with Crippen LogP contribution in [-0.4, -0.2) is 23.3 Å². The van der Waals surface area contributed by atoms with Gasteiger partial charge in [0, 0.05) is 6.42 Å². The zero-order valence-corrected chi connectivity index (χ0v) is 11.6. The predicted octanol–water partition coefficient (Wildman–Crippen LogP) is 2.36. The number of para-hydroxylation sites is 1. The Kier molecular flexibility index (Phi) is 3.97. The summed E-state index contributed by atoms with van der Waals surface area (Å²) in [7, 11) is 0. The van der Waals surface area contributed by atoms with Gasteiger partial charge in [-0.15, -0.1) is 0 Å². The first kappa shape index (κ1) is 13.1. The molecule has 1 saturated heterocycles. The van der Waals surface area contributed by atoms with Crippen molar-refractivity contribution >= 4 is 0 Å². The summed E-state index contributed by atoms with van der Waals surface area (Å²) in [6, 6.07) is 9.95. The molecule has 0 spiro atoms. The summed E-state index contributed by atoms with van der Waals surface area (Å²) in [5, 5.41) is 7.41. The molecule has 0 amide bonds. The quantitative estimate of drug-likeness (QED) is 0.906. The first-order chi connectivity index (χ1) is 9.83. The number of aromatic nitrogens is 2. The normalized spacial score (nSPS) is 22.1. The fourth-order valence-electron chi connectivity index (χ4n) is 2.44. The number of ether oxygens (including phenoxy) is 1. The number of hydrogen-bond acceptors (Lipinski definition) is 5. The number of nitrogens with zero attached hydrogens (tertiary/aromatic N) is 2. The van der Waals surface area contributed by atoms with Gasteiger partial charge in [0.15, 0.2) is 5.82 Å². The van der Waals surface area contributed by atoms with E-state index in [2.05, 4.69) is 22.4 Å². The summed E-state index contributed by atoms with van der Waals surface area (Å²) < 4.78 is 11.0. The molecule has 1 N–H and O–H groups in total. The Morgan fingerprint density at radius 3 is 2.95 bits per heavy atom. The SMILES string of the molecule is CC1CCNC1c1nc(CCOc2ccccc2)no1. The molecule has 2 aromatic rings. The van der Waals surface area contributed by atoms with Gasteiger partial charge < -0.3 is 14.6 Å². The number of benzene rings is 1. The average molecular weight is 273 g/mol. The maximum atomic E-state index is 5.63. The average Bonchev–Trinajstić information content (AvgIpc) is 3.09. The highest BCUT2D eigenvalue weighted by molar-refractivity contribution is 5.20. The monoisotopic (exact) mass is 273 g/mol. The van der Waals surface area contributed by atoms with E-state index >= 15 is 0 Å². The van der Waals surface area contributed by atoms with Crippen LogP contribution in [0.25, 0.3) is 0 Å². The molecule has 0 saturated carbocycles. The fraction of sp³-hybridized carbons (Fsp3) is 0.467. The van der Waals surface area contributed by atoms with E-state index in [1.54, 1.807) is 0 Å². The van der Waals surface area contributed by atoms with Gasteiger partial charge in [0.05, 0.1) is 12.6 Å². The predicted molar refractivity (Wildman–Crippen MR) is 74.5 cm³/mol. The molecule has 1 aromatic carbocycles. The lowest BCUT2D eigenvalue weighted by molar-refractivity contribution is 0.305.